The zero-order valence-corrected chi connectivity index (χ0v) is 14.8. The van der Waals surface area contributed by atoms with Gasteiger partial charge in [0.2, 0.25) is 0 Å². The van der Waals surface area contributed by atoms with Crippen LogP contribution in [0.3, 0.4) is 0 Å². The predicted molar refractivity (Wildman–Crippen MR) is 92.8 cm³/mol. The van der Waals surface area contributed by atoms with E-state index in [-0.39, 0.29) is 0 Å². The molecule has 0 aliphatic heterocycles. The number of halogens is 1. The Bertz CT molecular complexity index is 636. The van der Waals surface area contributed by atoms with Crippen LogP contribution in [0.4, 0.5) is 0 Å². The molecule has 0 saturated carbocycles. The molecule has 0 amide bonds. The van der Waals surface area contributed by atoms with Crippen LogP contribution in [0.1, 0.15) is 21.1 Å². The Labute approximate surface area is 137 Å². The van der Waals surface area contributed by atoms with Gasteiger partial charge < -0.3 is 10.6 Å². The molecule has 6 heteroatoms. The van der Waals surface area contributed by atoms with Gasteiger partial charge in [-0.15, -0.1) is 11.3 Å². The van der Waals surface area contributed by atoms with E-state index in [1.807, 2.05) is 26.0 Å². The van der Waals surface area contributed by atoms with Crippen LogP contribution >= 0.6 is 27.3 Å². The second kappa shape index (κ2) is 7.56. The molecule has 2 rings (SSSR count). The molecule has 0 spiro atoms. The summed E-state index contributed by atoms with van der Waals surface area (Å²) in [4.78, 5) is 9.92. The number of aromatic nitrogens is 1. The molecule has 4 nitrogen and oxygen atoms in total. The van der Waals surface area contributed by atoms with Gasteiger partial charge in [0.25, 0.3) is 0 Å². The fourth-order valence-electron chi connectivity index (χ4n) is 1.95. The highest BCUT2D eigenvalue weighted by molar-refractivity contribution is 9.10. The molecule has 112 valence electrons. The number of aliphatic imine (C=N–C) groups is 1. The topological polar surface area (TPSA) is 49.3 Å². The molecule has 0 unspecified atom stereocenters. The third-order valence-electron chi connectivity index (χ3n) is 2.99. The van der Waals surface area contributed by atoms with Gasteiger partial charge in [-0.2, -0.15) is 0 Å². The van der Waals surface area contributed by atoms with Gasteiger partial charge in [0.05, 0.1) is 17.2 Å². The van der Waals surface area contributed by atoms with Crippen LogP contribution in [-0.4, -0.2) is 18.0 Å². The molecule has 0 aliphatic rings. The highest BCUT2D eigenvalue weighted by Gasteiger charge is 2.05. The summed E-state index contributed by atoms with van der Waals surface area (Å²) in [6, 6.07) is 8.23. The van der Waals surface area contributed by atoms with Gasteiger partial charge in [0.15, 0.2) is 5.96 Å². The molecule has 21 heavy (non-hydrogen) atoms. The summed E-state index contributed by atoms with van der Waals surface area (Å²) >= 11 is 5.20. The number of hydrogen-bond acceptors (Lipinski definition) is 3. The van der Waals surface area contributed by atoms with Gasteiger partial charge in [-0.3, -0.25) is 4.99 Å². The SMILES string of the molecule is CN=C(NCc1cccc(Br)c1)NCc1sc(C)nc1C. The molecule has 0 fully saturated rings. The first-order valence-corrected chi connectivity index (χ1v) is 8.31. The molecule has 0 aliphatic carbocycles. The van der Waals surface area contributed by atoms with E-state index in [1.54, 1.807) is 18.4 Å². The van der Waals surface area contributed by atoms with Crippen molar-refractivity contribution in [1.82, 2.24) is 15.6 Å². The van der Waals surface area contributed by atoms with E-state index >= 15 is 0 Å². The number of benzene rings is 1. The number of rotatable bonds is 4. The fraction of sp³-hybridized carbons (Fsp3) is 0.333. The Hall–Kier alpha value is -1.40. The van der Waals surface area contributed by atoms with E-state index in [1.165, 1.54) is 10.4 Å². The Balaban J connectivity index is 1.88. The van der Waals surface area contributed by atoms with Crippen LogP contribution in [0.15, 0.2) is 33.7 Å². The summed E-state index contributed by atoms with van der Waals surface area (Å²) in [6.07, 6.45) is 0. The lowest BCUT2D eigenvalue weighted by atomic mass is 10.2. The Kier molecular flexibility index (Phi) is 5.76. The highest BCUT2D eigenvalue weighted by atomic mass is 79.9. The molecular formula is C15H19BrN4S. The Morgan fingerprint density at radius 3 is 2.67 bits per heavy atom. The van der Waals surface area contributed by atoms with E-state index in [9.17, 15) is 0 Å². The zero-order valence-electron chi connectivity index (χ0n) is 12.4. The fourth-order valence-corrected chi connectivity index (χ4v) is 3.28. The third kappa shape index (κ3) is 4.82. The van der Waals surface area contributed by atoms with E-state index < -0.39 is 0 Å². The van der Waals surface area contributed by atoms with Crippen molar-refractivity contribution in [2.45, 2.75) is 26.9 Å². The minimum atomic E-state index is 0.736. The predicted octanol–water partition coefficient (Wildman–Crippen LogP) is 3.39. The Morgan fingerprint density at radius 2 is 2.05 bits per heavy atom. The third-order valence-corrected chi connectivity index (χ3v) is 4.55. The standard InChI is InChI=1S/C15H19BrN4S/c1-10-14(21-11(2)20-10)9-19-15(17-3)18-8-12-5-4-6-13(16)7-12/h4-7H,8-9H2,1-3H3,(H2,17,18,19). The quantitative estimate of drug-likeness (QED) is 0.643. The van der Waals surface area contributed by atoms with E-state index in [0.717, 1.165) is 34.2 Å². The van der Waals surface area contributed by atoms with Crippen molar-refractivity contribution >= 4 is 33.2 Å². The first-order valence-electron chi connectivity index (χ1n) is 6.70. The van der Waals surface area contributed by atoms with Crippen molar-refractivity contribution in [3.63, 3.8) is 0 Å². The minimum absolute atomic E-state index is 0.736. The summed E-state index contributed by atoms with van der Waals surface area (Å²) in [7, 11) is 1.78. The molecule has 2 aromatic rings. The molecule has 0 saturated heterocycles. The van der Waals surface area contributed by atoms with Crippen molar-refractivity contribution in [1.29, 1.82) is 0 Å². The van der Waals surface area contributed by atoms with Crippen molar-refractivity contribution in [2.75, 3.05) is 7.05 Å². The molecule has 0 bridgehead atoms. The van der Waals surface area contributed by atoms with Crippen LogP contribution < -0.4 is 10.6 Å². The van der Waals surface area contributed by atoms with Crippen molar-refractivity contribution in [3.8, 4) is 0 Å². The van der Waals surface area contributed by atoms with Gasteiger partial charge in [-0.25, -0.2) is 4.98 Å². The lowest BCUT2D eigenvalue weighted by Gasteiger charge is -2.11. The van der Waals surface area contributed by atoms with Crippen molar-refractivity contribution < 1.29 is 0 Å². The highest BCUT2D eigenvalue weighted by Crippen LogP contribution is 2.16. The summed E-state index contributed by atoms with van der Waals surface area (Å²) in [5.74, 6) is 0.792. The zero-order chi connectivity index (χ0) is 15.2. The monoisotopic (exact) mass is 366 g/mol. The average molecular weight is 367 g/mol. The normalized spacial score (nSPS) is 11.5. The van der Waals surface area contributed by atoms with Crippen molar-refractivity contribution in [2.24, 2.45) is 4.99 Å². The van der Waals surface area contributed by atoms with Crippen molar-refractivity contribution in [3.05, 3.63) is 49.9 Å². The molecule has 1 heterocycles. The second-order valence-corrected chi connectivity index (χ2v) is 6.85. The average Bonchev–Trinajstić information content (AvgIpc) is 2.77. The van der Waals surface area contributed by atoms with E-state index in [4.69, 9.17) is 0 Å². The minimum Gasteiger partial charge on any atom is -0.352 e. The molecule has 0 atom stereocenters. The smallest absolute Gasteiger partial charge is 0.191 e. The van der Waals surface area contributed by atoms with Gasteiger partial charge in [0, 0.05) is 22.9 Å². The Morgan fingerprint density at radius 1 is 1.29 bits per heavy atom. The molecule has 1 aromatic heterocycles. The maximum Gasteiger partial charge on any atom is 0.191 e. The maximum absolute atomic E-state index is 4.43. The van der Waals surface area contributed by atoms with Crippen LogP contribution in [0.2, 0.25) is 0 Å². The number of aryl methyl sites for hydroxylation is 2. The first kappa shape index (κ1) is 16.0. The van der Waals surface area contributed by atoms with Crippen LogP contribution in [0, 0.1) is 13.8 Å². The summed E-state index contributed by atoms with van der Waals surface area (Å²) in [6.45, 7) is 5.55. The van der Waals surface area contributed by atoms with Gasteiger partial charge in [0.1, 0.15) is 0 Å². The van der Waals surface area contributed by atoms with Gasteiger partial charge >= 0.3 is 0 Å². The van der Waals surface area contributed by atoms with E-state index in [0.29, 0.717) is 0 Å². The lowest BCUT2D eigenvalue weighted by Crippen LogP contribution is -2.36. The van der Waals surface area contributed by atoms with Crippen LogP contribution in [-0.2, 0) is 13.1 Å². The number of thiazole rings is 1. The first-order chi connectivity index (χ1) is 10.1. The molecule has 2 N–H and O–H groups in total. The second-order valence-electron chi connectivity index (χ2n) is 4.65. The lowest BCUT2D eigenvalue weighted by molar-refractivity contribution is 0.811. The maximum atomic E-state index is 4.43. The number of nitrogens with zero attached hydrogens (tertiary/aromatic N) is 2. The van der Waals surface area contributed by atoms with E-state index in [2.05, 4.69) is 48.7 Å². The molecular weight excluding hydrogens is 348 g/mol. The number of guanidine groups is 1. The number of nitrogens with one attached hydrogen (secondary N) is 2. The summed E-state index contributed by atoms with van der Waals surface area (Å²) in [5.41, 5.74) is 2.30. The summed E-state index contributed by atoms with van der Waals surface area (Å²) in [5, 5.41) is 7.73. The van der Waals surface area contributed by atoms with Gasteiger partial charge in [-0.05, 0) is 31.5 Å². The summed E-state index contributed by atoms with van der Waals surface area (Å²) < 4.78 is 1.08. The molecule has 1 aromatic carbocycles. The van der Waals surface area contributed by atoms with Crippen LogP contribution in [0.5, 0.6) is 0 Å². The van der Waals surface area contributed by atoms with Crippen LogP contribution in [0.25, 0.3) is 0 Å². The molecule has 0 radical (unpaired) electrons. The number of hydrogen-bond donors (Lipinski definition) is 2. The van der Waals surface area contributed by atoms with Gasteiger partial charge in [-0.1, -0.05) is 28.1 Å². The largest absolute Gasteiger partial charge is 0.352 e.